The van der Waals surface area contributed by atoms with Gasteiger partial charge in [-0.15, -0.1) is 0 Å². The topological polar surface area (TPSA) is 72.5 Å². The summed E-state index contributed by atoms with van der Waals surface area (Å²) in [5.41, 5.74) is 6.29. The van der Waals surface area contributed by atoms with Crippen LogP contribution in [0.1, 0.15) is 22.8 Å². The second kappa shape index (κ2) is 4.42. The Morgan fingerprint density at radius 2 is 2.00 bits per heavy atom. The van der Waals surface area contributed by atoms with Gasteiger partial charge in [-0.1, -0.05) is 12.1 Å². The highest BCUT2D eigenvalue weighted by Gasteiger charge is 2.19. The first-order valence-electron chi connectivity index (χ1n) is 4.60. The SMILES string of the molecule is COC(=O)c1ccc([C@](C)(N)CO)cc1. The Balaban J connectivity index is 2.95. The normalized spacial score (nSPS) is 14.4. The van der Waals surface area contributed by atoms with Gasteiger partial charge in [-0.05, 0) is 24.6 Å². The Hall–Kier alpha value is -1.39. The smallest absolute Gasteiger partial charge is 0.337 e. The number of rotatable bonds is 3. The van der Waals surface area contributed by atoms with Crippen LogP contribution in [0.5, 0.6) is 0 Å². The van der Waals surface area contributed by atoms with Gasteiger partial charge in [-0.25, -0.2) is 4.79 Å². The predicted octanol–water partition coefficient (Wildman–Crippen LogP) is 0.639. The molecule has 1 aromatic carbocycles. The van der Waals surface area contributed by atoms with E-state index in [2.05, 4.69) is 4.74 Å². The van der Waals surface area contributed by atoms with E-state index in [0.717, 1.165) is 5.56 Å². The summed E-state index contributed by atoms with van der Waals surface area (Å²) in [4.78, 5) is 11.1. The Bertz CT molecular complexity index is 343. The van der Waals surface area contributed by atoms with E-state index in [1.54, 1.807) is 31.2 Å². The van der Waals surface area contributed by atoms with Gasteiger partial charge in [0.25, 0.3) is 0 Å². The van der Waals surface area contributed by atoms with Crippen molar-refractivity contribution in [2.75, 3.05) is 13.7 Å². The lowest BCUT2D eigenvalue weighted by molar-refractivity contribution is 0.0600. The van der Waals surface area contributed by atoms with Crippen LogP contribution in [0.25, 0.3) is 0 Å². The minimum Gasteiger partial charge on any atom is -0.465 e. The zero-order valence-corrected chi connectivity index (χ0v) is 8.86. The highest BCUT2D eigenvalue weighted by atomic mass is 16.5. The van der Waals surface area contributed by atoms with Crippen molar-refractivity contribution in [3.05, 3.63) is 35.4 Å². The minimum absolute atomic E-state index is 0.148. The third kappa shape index (κ3) is 2.55. The lowest BCUT2D eigenvalue weighted by Gasteiger charge is -2.22. The molecule has 0 amide bonds. The number of benzene rings is 1. The van der Waals surface area contributed by atoms with Crippen LogP contribution in [0.15, 0.2) is 24.3 Å². The van der Waals surface area contributed by atoms with E-state index in [9.17, 15) is 4.79 Å². The molecule has 0 heterocycles. The van der Waals surface area contributed by atoms with Gasteiger partial charge < -0.3 is 15.6 Å². The highest BCUT2D eigenvalue weighted by Crippen LogP contribution is 2.17. The van der Waals surface area contributed by atoms with Gasteiger partial charge in [-0.2, -0.15) is 0 Å². The van der Waals surface area contributed by atoms with Gasteiger partial charge in [-0.3, -0.25) is 0 Å². The summed E-state index contributed by atoms with van der Waals surface area (Å²) in [6.07, 6.45) is 0. The third-order valence-corrected chi connectivity index (χ3v) is 2.29. The van der Waals surface area contributed by atoms with Crippen LogP contribution in [0, 0.1) is 0 Å². The average Bonchev–Trinajstić information content (AvgIpc) is 2.28. The molecule has 4 nitrogen and oxygen atoms in total. The van der Waals surface area contributed by atoms with Gasteiger partial charge in [0.05, 0.1) is 24.8 Å². The van der Waals surface area contributed by atoms with Crippen molar-refractivity contribution in [3.8, 4) is 0 Å². The molecule has 1 aromatic rings. The van der Waals surface area contributed by atoms with Gasteiger partial charge in [0, 0.05) is 0 Å². The summed E-state index contributed by atoms with van der Waals surface area (Å²) in [5.74, 6) is -0.385. The van der Waals surface area contributed by atoms with Crippen molar-refractivity contribution in [2.24, 2.45) is 5.73 Å². The molecule has 0 aliphatic heterocycles. The molecule has 0 aliphatic rings. The standard InChI is InChI=1S/C11H15NO3/c1-11(12,7-13)9-5-3-8(4-6-9)10(14)15-2/h3-6,13H,7,12H2,1-2H3/t11-/m1/s1. The zero-order chi connectivity index (χ0) is 11.5. The van der Waals surface area contributed by atoms with Crippen LogP contribution in [0.3, 0.4) is 0 Å². The molecule has 1 rings (SSSR count). The van der Waals surface area contributed by atoms with E-state index in [0.29, 0.717) is 5.56 Å². The fraction of sp³-hybridized carbons (Fsp3) is 0.364. The van der Waals surface area contributed by atoms with Crippen LogP contribution in [0.2, 0.25) is 0 Å². The summed E-state index contributed by atoms with van der Waals surface area (Å²) in [6, 6.07) is 6.68. The second-order valence-corrected chi connectivity index (χ2v) is 3.64. The van der Waals surface area contributed by atoms with E-state index < -0.39 is 5.54 Å². The van der Waals surface area contributed by atoms with Crippen molar-refractivity contribution in [3.63, 3.8) is 0 Å². The summed E-state index contributed by atoms with van der Waals surface area (Å²) in [5, 5.41) is 9.06. The molecule has 3 N–H and O–H groups in total. The quantitative estimate of drug-likeness (QED) is 0.716. The Kier molecular flexibility index (Phi) is 3.44. The summed E-state index contributed by atoms with van der Waals surface area (Å²) in [7, 11) is 1.33. The lowest BCUT2D eigenvalue weighted by Crippen LogP contribution is -2.36. The van der Waals surface area contributed by atoms with Crippen LogP contribution >= 0.6 is 0 Å². The highest BCUT2D eigenvalue weighted by molar-refractivity contribution is 5.89. The summed E-state index contributed by atoms with van der Waals surface area (Å²) in [6.45, 7) is 1.57. The number of hydrogen-bond acceptors (Lipinski definition) is 4. The van der Waals surface area contributed by atoms with Crippen molar-refractivity contribution in [1.29, 1.82) is 0 Å². The molecule has 0 aromatic heterocycles. The van der Waals surface area contributed by atoms with E-state index in [1.165, 1.54) is 7.11 Å². The van der Waals surface area contributed by atoms with Crippen LogP contribution in [0.4, 0.5) is 0 Å². The molecule has 0 saturated heterocycles. The maximum atomic E-state index is 11.1. The maximum Gasteiger partial charge on any atom is 0.337 e. The van der Waals surface area contributed by atoms with Crippen LogP contribution in [-0.4, -0.2) is 24.8 Å². The monoisotopic (exact) mass is 209 g/mol. The number of esters is 1. The molecular weight excluding hydrogens is 194 g/mol. The molecule has 15 heavy (non-hydrogen) atoms. The fourth-order valence-corrected chi connectivity index (χ4v) is 1.20. The molecular formula is C11H15NO3. The summed E-state index contributed by atoms with van der Waals surface area (Å²) < 4.78 is 4.57. The van der Waals surface area contributed by atoms with Crippen LogP contribution < -0.4 is 5.73 Å². The first-order chi connectivity index (χ1) is 7.01. The molecule has 0 saturated carbocycles. The van der Waals surface area contributed by atoms with Crippen molar-refractivity contribution >= 4 is 5.97 Å². The number of ether oxygens (including phenoxy) is 1. The van der Waals surface area contributed by atoms with Gasteiger partial charge in [0.2, 0.25) is 0 Å². The first kappa shape index (κ1) is 11.7. The third-order valence-electron chi connectivity index (χ3n) is 2.29. The van der Waals surface area contributed by atoms with E-state index in [-0.39, 0.29) is 12.6 Å². The molecule has 0 radical (unpaired) electrons. The van der Waals surface area contributed by atoms with Gasteiger partial charge in [0.15, 0.2) is 0 Å². The molecule has 0 spiro atoms. The zero-order valence-electron chi connectivity index (χ0n) is 8.86. The van der Waals surface area contributed by atoms with Crippen molar-refractivity contribution in [2.45, 2.75) is 12.5 Å². The first-order valence-corrected chi connectivity index (χ1v) is 4.60. The Morgan fingerprint density at radius 1 is 1.47 bits per heavy atom. The second-order valence-electron chi connectivity index (χ2n) is 3.64. The number of carbonyl (C=O) groups is 1. The van der Waals surface area contributed by atoms with Crippen molar-refractivity contribution in [1.82, 2.24) is 0 Å². The number of nitrogens with two attached hydrogens (primary N) is 1. The molecule has 0 fully saturated rings. The van der Waals surface area contributed by atoms with E-state index in [1.807, 2.05) is 0 Å². The molecule has 82 valence electrons. The molecule has 0 aliphatic carbocycles. The maximum absolute atomic E-state index is 11.1. The minimum atomic E-state index is -0.783. The molecule has 1 atom stereocenters. The number of aliphatic hydroxyl groups excluding tert-OH is 1. The van der Waals surface area contributed by atoms with Gasteiger partial charge >= 0.3 is 5.97 Å². The summed E-state index contributed by atoms with van der Waals surface area (Å²) >= 11 is 0. The number of aliphatic hydroxyl groups is 1. The van der Waals surface area contributed by atoms with Crippen LogP contribution in [-0.2, 0) is 10.3 Å². The number of hydrogen-bond donors (Lipinski definition) is 2. The lowest BCUT2D eigenvalue weighted by atomic mass is 9.93. The Morgan fingerprint density at radius 3 is 2.40 bits per heavy atom. The Labute approximate surface area is 88.7 Å². The molecule has 0 unspecified atom stereocenters. The van der Waals surface area contributed by atoms with Crippen molar-refractivity contribution < 1.29 is 14.6 Å². The number of methoxy groups -OCH3 is 1. The average molecular weight is 209 g/mol. The predicted molar refractivity (Wildman–Crippen MR) is 56.4 cm³/mol. The number of carbonyl (C=O) groups excluding carboxylic acids is 1. The van der Waals surface area contributed by atoms with Gasteiger partial charge in [0.1, 0.15) is 0 Å². The van der Waals surface area contributed by atoms with E-state index >= 15 is 0 Å². The fourth-order valence-electron chi connectivity index (χ4n) is 1.20. The van der Waals surface area contributed by atoms with E-state index in [4.69, 9.17) is 10.8 Å². The molecule has 4 heteroatoms. The largest absolute Gasteiger partial charge is 0.465 e. The molecule has 0 bridgehead atoms.